The molecule has 0 aliphatic rings. The molecule has 0 unspecified atom stereocenters. The summed E-state index contributed by atoms with van der Waals surface area (Å²) in [6.07, 6.45) is 0.747. The predicted octanol–water partition coefficient (Wildman–Crippen LogP) is 3.54. The summed E-state index contributed by atoms with van der Waals surface area (Å²) in [5.41, 5.74) is 0.969. The summed E-state index contributed by atoms with van der Waals surface area (Å²) in [5, 5.41) is 0.657. The van der Waals surface area contributed by atoms with E-state index < -0.39 is 12.1 Å². The van der Waals surface area contributed by atoms with Crippen LogP contribution in [0, 0.1) is 0 Å². The molecule has 0 amide bonds. The van der Waals surface area contributed by atoms with Crippen LogP contribution < -0.4 is 9.47 Å². The van der Waals surface area contributed by atoms with Crippen molar-refractivity contribution in [1.82, 2.24) is 4.57 Å². The number of aromatic nitrogens is 1. The van der Waals surface area contributed by atoms with Crippen molar-refractivity contribution in [2.24, 2.45) is 0 Å². The van der Waals surface area contributed by atoms with Gasteiger partial charge < -0.3 is 14.2 Å². The van der Waals surface area contributed by atoms with E-state index in [1.165, 1.54) is 17.9 Å². The number of benzene rings is 2. The second kappa shape index (κ2) is 7.31. The van der Waals surface area contributed by atoms with Crippen LogP contribution in [0.4, 0.5) is 0 Å². The number of carbonyl (C=O) groups is 2. The maximum atomic E-state index is 12.9. The van der Waals surface area contributed by atoms with E-state index in [1.807, 2.05) is 6.07 Å². The van der Waals surface area contributed by atoms with Crippen molar-refractivity contribution in [3.05, 3.63) is 60.3 Å². The van der Waals surface area contributed by atoms with E-state index in [0.717, 1.165) is 0 Å². The smallest absolute Gasteiger partial charge is 0.340 e. The first-order chi connectivity index (χ1) is 12.5. The third-order valence-electron chi connectivity index (χ3n) is 4.07. The van der Waals surface area contributed by atoms with Gasteiger partial charge in [-0.15, -0.1) is 0 Å². The van der Waals surface area contributed by atoms with Gasteiger partial charge in [0.15, 0.2) is 6.10 Å². The van der Waals surface area contributed by atoms with Gasteiger partial charge in [0.2, 0.25) is 0 Å². The molecular formula is C20H19NO5. The van der Waals surface area contributed by atoms with Gasteiger partial charge in [-0.3, -0.25) is 9.36 Å². The van der Waals surface area contributed by atoms with Crippen LogP contribution in [0.25, 0.3) is 10.9 Å². The fourth-order valence-corrected chi connectivity index (χ4v) is 2.74. The molecule has 0 aliphatic heterocycles. The highest BCUT2D eigenvalue weighted by atomic mass is 16.5. The molecule has 0 aliphatic carbocycles. The number of methoxy groups -OCH3 is 2. The quantitative estimate of drug-likeness (QED) is 0.656. The van der Waals surface area contributed by atoms with E-state index in [9.17, 15) is 9.59 Å². The Bertz CT molecular complexity index is 942. The summed E-state index contributed by atoms with van der Waals surface area (Å²) in [5.74, 6) is 0.482. The lowest BCUT2D eigenvalue weighted by molar-refractivity contribution is 0.0602. The molecule has 26 heavy (non-hydrogen) atoms. The molecule has 2 aromatic carbocycles. The van der Waals surface area contributed by atoms with E-state index in [2.05, 4.69) is 0 Å². The summed E-state index contributed by atoms with van der Waals surface area (Å²) in [6.45, 7) is 1.67. The number of hydrogen-bond donors (Lipinski definition) is 0. The first-order valence-corrected chi connectivity index (χ1v) is 8.08. The molecule has 3 aromatic rings. The van der Waals surface area contributed by atoms with Crippen LogP contribution in [0.1, 0.15) is 22.1 Å². The summed E-state index contributed by atoms with van der Waals surface area (Å²) >= 11 is 0. The van der Waals surface area contributed by atoms with Crippen molar-refractivity contribution < 1.29 is 23.8 Å². The largest absolute Gasteiger partial charge is 0.497 e. The fourth-order valence-electron chi connectivity index (χ4n) is 2.74. The maximum absolute atomic E-state index is 12.9. The van der Waals surface area contributed by atoms with Gasteiger partial charge in [-0.1, -0.05) is 18.2 Å². The first-order valence-electron chi connectivity index (χ1n) is 8.08. The summed E-state index contributed by atoms with van der Waals surface area (Å²) in [4.78, 5) is 24.9. The summed E-state index contributed by atoms with van der Waals surface area (Å²) < 4.78 is 17.1. The SMILES string of the molecule is COC(=O)c1cn(C(=O)[C@@H](C)Oc2ccc(OC)cc2)c2ccccc12. The lowest BCUT2D eigenvalue weighted by Crippen LogP contribution is -2.28. The molecule has 1 heterocycles. The third-order valence-corrected chi connectivity index (χ3v) is 4.07. The number of rotatable bonds is 5. The number of ether oxygens (including phenoxy) is 3. The van der Waals surface area contributed by atoms with Crippen LogP contribution in [-0.4, -0.2) is 36.8 Å². The van der Waals surface area contributed by atoms with Gasteiger partial charge in [-0.2, -0.15) is 0 Å². The topological polar surface area (TPSA) is 66.8 Å². The number of hydrogen-bond acceptors (Lipinski definition) is 5. The monoisotopic (exact) mass is 353 g/mol. The van der Waals surface area contributed by atoms with Gasteiger partial charge in [0.25, 0.3) is 5.91 Å². The predicted molar refractivity (Wildman–Crippen MR) is 97.0 cm³/mol. The fraction of sp³-hybridized carbons (Fsp3) is 0.200. The zero-order valence-electron chi connectivity index (χ0n) is 14.8. The minimum atomic E-state index is -0.746. The molecule has 134 valence electrons. The molecule has 1 aromatic heterocycles. The van der Waals surface area contributed by atoms with E-state index in [-0.39, 0.29) is 5.91 Å². The minimum absolute atomic E-state index is 0.285. The maximum Gasteiger partial charge on any atom is 0.340 e. The average Bonchev–Trinajstić information content (AvgIpc) is 3.07. The van der Waals surface area contributed by atoms with Crippen LogP contribution in [0.15, 0.2) is 54.7 Å². The Morgan fingerprint density at radius 2 is 1.62 bits per heavy atom. The Morgan fingerprint density at radius 3 is 2.27 bits per heavy atom. The molecule has 0 spiro atoms. The molecular weight excluding hydrogens is 334 g/mol. The van der Waals surface area contributed by atoms with Crippen molar-refractivity contribution in [1.29, 1.82) is 0 Å². The first kappa shape index (κ1) is 17.5. The van der Waals surface area contributed by atoms with Gasteiger partial charge in [0, 0.05) is 11.6 Å². The number of para-hydroxylation sites is 1. The third kappa shape index (κ3) is 3.26. The number of esters is 1. The Morgan fingerprint density at radius 1 is 0.962 bits per heavy atom. The van der Waals surface area contributed by atoms with E-state index >= 15 is 0 Å². The van der Waals surface area contributed by atoms with E-state index in [0.29, 0.717) is 28.0 Å². The van der Waals surface area contributed by atoms with Crippen LogP contribution in [0.2, 0.25) is 0 Å². The van der Waals surface area contributed by atoms with Crippen molar-refractivity contribution in [2.75, 3.05) is 14.2 Å². The highest BCUT2D eigenvalue weighted by Gasteiger charge is 2.23. The van der Waals surface area contributed by atoms with Gasteiger partial charge in [-0.05, 0) is 37.3 Å². The molecule has 0 saturated carbocycles. The lowest BCUT2D eigenvalue weighted by atomic mass is 10.2. The van der Waals surface area contributed by atoms with Crippen LogP contribution in [-0.2, 0) is 4.74 Å². The second-order valence-corrected chi connectivity index (χ2v) is 5.70. The molecule has 0 saturated heterocycles. The molecule has 3 rings (SSSR count). The van der Waals surface area contributed by atoms with Gasteiger partial charge >= 0.3 is 5.97 Å². The minimum Gasteiger partial charge on any atom is -0.497 e. The lowest BCUT2D eigenvalue weighted by Gasteiger charge is -2.15. The zero-order chi connectivity index (χ0) is 18.7. The van der Waals surface area contributed by atoms with E-state index in [4.69, 9.17) is 14.2 Å². The number of fused-ring (bicyclic) bond motifs is 1. The molecule has 0 fully saturated rings. The second-order valence-electron chi connectivity index (χ2n) is 5.70. The number of nitrogens with zero attached hydrogens (tertiary/aromatic N) is 1. The summed E-state index contributed by atoms with van der Waals surface area (Å²) in [7, 11) is 2.89. The van der Waals surface area contributed by atoms with Crippen molar-refractivity contribution >= 4 is 22.8 Å². The van der Waals surface area contributed by atoms with Crippen molar-refractivity contribution in [2.45, 2.75) is 13.0 Å². The Hall–Kier alpha value is -3.28. The number of carbonyl (C=O) groups excluding carboxylic acids is 2. The summed E-state index contributed by atoms with van der Waals surface area (Å²) in [6, 6.07) is 14.1. The van der Waals surface area contributed by atoms with Gasteiger partial charge in [0.1, 0.15) is 11.5 Å². The Balaban J connectivity index is 1.90. The van der Waals surface area contributed by atoms with E-state index in [1.54, 1.807) is 56.5 Å². The zero-order valence-corrected chi connectivity index (χ0v) is 14.8. The Kier molecular flexibility index (Phi) is 4.93. The Labute approximate surface area is 150 Å². The van der Waals surface area contributed by atoms with Crippen molar-refractivity contribution in [3.8, 4) is 11.5 Å². The van der Waals surface area contributed by atoms with Gasteiger partial charge in [-0.25, -0.2) is 4.79 Å². The van der Waals surface area contributed by atoms with Crippen LogP contribution in [0.3, 0.4) is 0 Å². The standard InChI is InChI=1S/C20H19NO5/c1-13(26-15-10-8-14(24-2)9-11-15)19(22)21-12-17(20(23)25-3)16-6-4-5-7-18(16)21/h4-13H,1-3H3/t13-/m1/s1. The van der Waals surface area contributed by atoms with Crippen LogP contribution in [0.5, 0.6) is 11.5 Å². The average molecular weight is 353 g/mol. The molecule has 0 bridgehead atoms. The van der Waals surface area contributed by atoms with Gasteiger partial charge in [0.05, 0.1) is 25.3 Å². The highest BCUT2D eigenvalue weighted by molar-refractivity contribution is 6.07. The molecule has 0 radical (unpaired) electrons. The molecule has 6 nitrogen and oxygen atoms in total. The molecule has 1 atom stereocenters. The normalized spacial score (nSPS) is 11.8. The van der Waals surface area contributed by atoms with Crippen LogP contribution >= 0.6 is 0 Å². The molecule has 0 N–H and O–H groups in total. The van der Waals surface area contributed by atoms with Crippen molar-refractivity contribution in [3.63, 3.8) is 0 Å². The molecule has 6 heteroatoms. The highest BCUT2D eigenvalue weighted by Crippen LogP contribution is 2.24.